The van der Waals surface area contributed by atoms with Gasteiger partial charge in [0.25, 0.3) is 10.0 Å². The molecule has 5 nitrogen and oxygen atoms in total. The molecule has 156 valence electrons. The Balaban J connectivity index is 1.40. The van der Waals surface area contributed by atoms with Gasteiger partial charge in [0.15, 0.2) is 0 Å². The van der Waals surface area contributed by atoms with E-state index in [0.717, 1.165) is 30.5 Å². The SMILES string of the molecule is O=C(Cc1ccc(NS(=O)(=O)c2ccc(F)cc2)cc1)N(Cc1cccs1)C1CC1. The predicted molar refractivity (Wildman–Crippen MR) is 115 cm³/mol. The monoisotopic (exact) mass is 444 g/mol. The first-order valence-electron chi connectivity index (χ1n) is 9.60. The number of anilines is 1. The maximum atomic E-state index is 13.0. The Morgan fingerprint density at radius 3 is 2.37 bits per heavy atom. The molecule has 1 N–H and O–H groups in total. The topological polar surface area (TPSA) is 66.5 Å². The normalized spacial score (nSPS) is 13.8. The van der Waals surface area contributed by atoms with Crippen LogP contribution in [0.5, 0.6) is 0 Å². The van der Waals surface area contributed by atoms with E-state index in [9.17, 15) is 17.6 Å². The summed E-state index contributed by atoms with van der Waals surface area (Å²) in [4.78, 5) is 15.9. The molecular weight excluding hydrogens is 423 g/mol. The zero-order valence-electron chi connectivity index (χ0n) is 16.1. The average Bonchev–Trinajstić information content (AvgIpc) is 3.43. The number of nitrogens with zero attached hydrogens (tertiary/aromatic N) is 1. The fourth-order valence-corrected chi connectivity index (χ4v) is 4.93. The molecule has 0 spiro atoms. The number of nitrogens with one attached hydrogen (secondary N) is 1. The maximum Gasteiger partial charge on any atom is 0.261 e. The summed E-state index contributed by atoms with van der Waals surface area (Å²) in [6.45, 7) is 0.636. The summed E-state index contributed by atoms with van der Waals surface area (Å²) in [5, 5.41) is 2.01. The van der Waals surface area contributed by atoms with Crippen LogP contribution in [0.1, 0.15) is 23.3 Å². The van der Waals surface area contributed by atoms with Crippen molar-refractivity contribution in [3.05, 3.63) is 82.3 Å². The van der Waals surface area contributed by atoms with Gasteiger partial charge >= 0.3 is 0 Å². The van der Waals surface area contributed by atoms with Crippen LogP contribution in [0, 0.1) is 5.82 Å². The van der Waals surface area contributed by atoms with Gasteiger partial charge in [0.05, 0.1) is 17.9 Å². The van der Waals surface area contributed by atoms with Crippen LogP contribution in [-0.4, -0.2) is 25.3 Å². The molecule has 0 atom stereocenters. The third-order valence-corrected chi connectivity index (χ3v) is 7.16. The molecule has 1 saturated carbocycles. The number of carbonyl (C=O) groups is 1. The van der Waals surface area contributed by atoms with Crippen molar-refractivity contribution in [1.29, 1.82) is 0 Å². The van der Waals surface area contributed by atoms with Crippen LogP contribution in [0.15, 0.2) is 70.9 Å². The number of rotatable bonds is 8. The molecule has 1 heterocycles. The van der Waals surface area contributed by atoms with E-state index in [-0.39, 0.29) is 17.2 Å². The van der Waals surface area contributed by atoms with E-state index in [1.54, 1.807) is 35.6 Å². The van der Waals surface area contributed by atoms with Crippen molar-refractivity contribution in [2.24, 2.45) is 0 Å². The lowest BCUT2D eigenvalue weighted by atomic mass is 10.1. The van der Waals surface area contributed by atoms with E-state index in [0.29, 0.717) is 18.3 Å². The molecular formula is C22H21FN2O3S2. The van der Waals surface area contributed by atoms with Gasteiger partial charge in [-0.05, 0) is 66.2 Å². The molecule has 1 aromatic heterocycles. The third kappa shape index (κ3) is 5.06. The second-order valence-electron chi connectivity index (χ2n) is 7.27. The molecule has 1 aliphatic carbocycles. The Hall–Kier alpha value is -2.71. The summed E-state index contributed by atoms with van der Waals surface area (Å²) < 4.78 is 40.3. The lowest BCUT2D eigenvalue weighted by molar-refractivity contribution is -0.131. The van der Waals surface area contributed by atoms with E-state index in [1.165, 1.54) is 17.0 Å². The standard InChI is InChI=1S/C22H21FN2O3S2/c23-17-5-11-21(12-6-17)30(27,28)24-18-7-3-16(4-8-18)14-22(26)25(19-9-10-19)15-20-2-1-13-29-20/h1-8,11-13,19,24H,9-10,14-15H2. The minimum atomic E-state index is -3.80. The van der Waals surface area contributed by atoms with Crippen molar-refractivity contribution in [2.45, 2.75) is 36.7 Å². The van der Waals surface area contributed by atoms with Gasteiger partial charge in [0.1, 0.15) is 5.82 Å². The first-order valence-corrected chi connectivity index (χ1v) is 12.0. The number of hydrogen-bond donors (Lipinski definition) is 1. The lowest BCUT2D eigenvalue weighted by Crippen LogP contribution is -2.33. The smallest absolute Gasteiger partial charge is 0.261 e. The number of thiophene rings is 1. The lowest BCUT2D eigenvalue weighted by Gasteiger charge is -2.22. The Kier molecular flexibility index (Phi) is 5.87. The first-order chi connectivity index (χ1) is 14.4. The maximum absolute atomic E-state index is 13.0. The van der Waals surface area contributed by atoms with E-state index in [4.69, 9.17) is 0 Å². The zero-order chi connectivity index (χ0) is 21.1. The van der Waals surface area contributed by atoms with Gasteiger partial charge in [-0.25, -0.2) is 12.8 Å². The van der Waals surface area contributed by atoms with Gasteiger partial charge < -0.3 is 4.90 Å². The molecule has 4 rings (SSSR count). The summed E-state index contributed by atoms with van der Waals surface area (Å²) in [6.07, 6.45) is 2.36. The van der Waals surface area contributed by atoms with Crippen molar-refractivity contribution in [3.8, 4) is 0 Å². The summed E-state index contributed by atoms with van der Waals surface area (Å²) in [5.41, 5.74) is 1.20. The van der Waals surface area contributed by atoms with Gasteiger partial charge in [0.2, 0.25) is 5.91 Å². The second kappa shape index (κ2) is 8.57. The highest BCUT2D eigenvalue weighted by molar-refractivity contribution is 7.92. The number of hydrogen-bond acceptors (Lipinski definition) is 4. The average molecular weight is 445 g/mol. The molecule has 0 radical (unpaired) electrons. The molecule has 1 amide bonds. The molecule has 3 aromatic rings. The van der Waals surface area contributed by atoms with Crippen LogP contribution in [-0.2, 0) is 27.8 Å². The minimum absolute atomic E-state index is 0.0168. The summed E-state index contributed by atoms with van der Waals surface area (Å²) in [5.74, 6) is -0.423. The fraction of sp³-hybridized carbons (Fsp3) is 0.227. The molecule has 8 heteroatoms. The third-order valence-electron chi connectivity index (χ3n) is 4.90. The van der Waals surface area contributed by atoms with Gasteiger partial charge in [-0.15, -0.1) is 11.3 Å². The van der Waals surface area contributed by atoms with Crippen molar-refractivity contribution >= 4 is 33.0 Å². The van der Waals surface area contributed by atoms with Crippen LogP contribution in [0.2, 0.25) is 0 Å². The van der Waals surface area contributed by atoms with Crippen molar-refractivity contribution in [1.82, 2.24) is 4.90 Å². The first kappa shape index (κ1) is 20.6. The largest absolute Gasteiger partial charge is 0.334 e. The molecule has 0 saturated heterocycles. The van der Waals surface area contributed by atoms with Crippen molar-refractivity contribution in [2.75, 3.05) is 4.72 Å². The highest BCUT2D eigenvalue weighted by Crippen LogP contribution is 2.30. The van der Waals surface area contributed by atoms with E-state index in [2.05, 4.69) is 4.72 Å². The summed E-state index contributed by atoms with van der Waals surface area (Å²) in [6, 6.07) is 15.7. The Labute approximate surface area is 179 Å². The van der Waals surface area contributed by atoms with Gasteiger partial charge in [0, 0.05) is 16.6 Å². The minimum Gasteiger partial charge on any atom is -0.334 e. The molecule has 0 unspecified atom stereocenters. The number of sulfonamides is 1. The number of benzene rings is 2. The van der Waals surface area contributed by atoms with Gasteiger partial charge in [-0.1, -0.05) is 18.2 Å². The number of amides is 1. The molecule has 2 aromatic carbocycles. The van der Waals surface area contributed by atoms with Crippen LogP contribution >= 0.6 is 11.3 Å². The molecule has 0 aliphatic heterocycles. The zero-order valence-corrected chi connectivity index (χ0v) is 17.8. The Bertz CT molecular complexity index is 1110. The fourth-order valence-electron chi connectivity index (χ4n) is 3.17. The summed E-state index contributed by atoms with van der Waals surface area (Å²) >= 11 is 1.65. The molecule has 30 heavy (non-hydrogen) atoms. The highest BCUT2D eigenvalue weighted by atomic mass is 32.2. The van der Waals surface area contributed by atoms with Crippen LogP contribution in [0.4, 0.5) is 10.1 Å². The highest BCUT2D eigenvalue weighted by Gasteiger charge is 2.32. The Morgan fingerprint density at radius 2 is 1.77 bits per heavy atom. The van der Waals surface area contributed by atoms with Crippen LogP contribution in [0.3, 0.4) is 0 Å². The van der Waals surface area contributed by atoms with E-state index >= 15 is 0 Å². The molecule has 0 bridgehead atoms. The second-order valence-corrected chi connectivity index (χ2v) is 9.98. The number of halogens is 1. The summed E-state index contributed by atoms with van der Waals surface area (Å²) in [7, 11) is -3.80. The van der Waals surface area contributed by atoms with E-state index < -0.39 is 15.8 Å². The predicted octanol–water partition coefficient (Wildman–Crippen LogP) is 4.42. The molecule has 1 aliphatic rings. The van der Waals surface area contributed by atoms with Crippen LogP contribution < -0.4 is 4.72 Å². The van der Waals surface area contributed by atoms with Crippen LogP contribution in [0.25, 0.3) is 0 Å². The Morgan fingerprint density at radius 1 is 1.07 bits per heavy atom. The number of carbonyl (C=O) groups excluding carboxylic acids is 1. The van der Waals surface area contributed by atoms with Gasteiger partial charge in [-0.2, -0.15) is 0 Å². The van der Waals surface area contributed by atoms with Crippen molar-refractivity contribution in [3.63, 3.8) is 0 Å². The quantitative estimate of drug-likeness (QED) is 0.559. The van der Waals surface area contributed by atoms with Gasteiger partial charge in [-0.3, -0.25) is 9.52 Å². The van der Waals surface area contributed by atoms with E-state index in [1.807, 2.05) is 22.4 Å². The molecule has 1 fully saturated rings. The van der Waals surface area contributed by atoms with Crippen molar-refractivity contribution < 1.29 is 17.6 Å².